The van der Waals surface area contributed by atoms with Crippen LogP contribution >= 0.6 is 11.8 Å². The van der Waals surface area contributed by atoms with Crippen molar-refractivity contribution in [1.82, 2.24) is 0 Å². The second-order valence-corrected chi connectivity index (χ2v) is 6.45. The van der Waals surface area contributed by atoms with Crippen molar-refractivity contribution in [3.8, 4) is 5.75 Å². The predicted octanol–water partition coefficient (Wildman–Crippen LogP) is 3.87. The molecule has 0 aliphatic carbocycles. The van der Waals surface area contributed by atoms with Crippen LogP contribution in [0.2, 0.25) is 0 Å². The highest BCUT2D eigenvalue weighted by molar-refractivity contribution is 8.00. The molecule has 2 aromatic carbocycles. The van der Waals surface area contributed by atoms with E-state index in [-0.39, 0.29) is 23.2 Å². The molecule has 0 fully saturated rings. The Balaban J connectivity index is 1.84. The van der Waals surface area contributed by atoms with Crippen LogP contribution in [0.4, 0.5) is 5.69 Å². The van der Waals surface area contributed by atoms with Gasteiger partial charge in [0.25, 0.3) is 0 Å². The van der Waals surface area contributed by atoms with Crippen LogP contribution in [0.15, 0.2) is 42.5 Å². The van der Waals surface area contributed by atoms with Crippen molar-refractivity contribution in [2.24, 2.45) is 0 Å². The maximum Gasteiger partial charge on any atom is 0.234 e. The maximum atomic E-state index is 12.2. The Hall–Kier alpha value is -2.27. The molecule has 126 valence electrons. The summed E-state index contributed by atoms with van der Waals surface area (Å²) in [6.07, 6.45) is 0. The summed E-state index contributed by atoms with van der Waals surface area (Å²) in [5.41, 5.74) is 3.58. The van der Waals surface area contributed by atoms with Crippen molar-refractivity contribution < 1.29 is 14.3 Å². The molecule has 4 nitrogen and oxygen atoms in total. The monoisotopic (exact) mass is 343 g/mol. The molecule has 1 amide bonds. The summed E-state index contributed by atoms with van der Waals surface area (Å²) in [5.74, 6) is 0.990. The van der Waals surface area contributed by atoms with E-state index in [0.717, 1.165) is 11.1 Å². The first-order chi connectivity index (χ1) is 11.5. The van der Waals surface area contributed by atoms with Crippen LogP contribution in [-0.4, -0.2) is 30.3 Å². The van der Waals surface area contributed by atoms with E-state index in [9.17, 15) is 9.59 Å². The molecule has 0 spiro atoms. The smallest absolute Gasteiger partial charge is 0.234 e. The van der Waals surface area contributed by atoms with Gasteiger partial charge in [-0.15, -0.1) is 11.8 Å². The third-order valence-electron chi connectivity index (χ3n) is 3.68. The van der Waals surface area contributed by atoms with E-state index in [1.807, 2.05) is 44.2 Å². The third-order valence-corrected chi connectivity index (χ3v) is 4.61. The van der Waals surface area contributed by atoms with E-state index in [2.05, 4.69) is 5.32 Å². The number of carbonyl (C=O) groups is 2. The molecule has 0 aromatic heterocycles. The van der Waals surface area contributed by atoms with Crippen molar-refractivity contribution in [3.05, 3.63) is 59.2 Å². The maximum absolute atomic E-state index is 12.2. The van der Waals surface area contributed by atoms with Gasteiger partial charge < -0.3 is 10.1 Å². The molecule has 2 rings (SSSR count). The van der Waals surface area contributed by atoms with Crippen LogP contribution in [0.5, 0.6) is 5.75 Å². The zero-order valence-corrected chi connectivity index (χ0v) is 14.9. The summed E-state index contributed by atoms with van der Waals surface area (Å²) >= 11 is 1.30. The summed E-state index contributed by atoms with van der Waals surface area (Å²) in [6.45, 7) is 4.00. The Kier molecular flexibility index (Phi) is 6.44. The number of hydrogen-bond donors (Lipinski definition) is 1. The van der Waals surface area contributed by atoms with Crippen LogP contribution in [0.3, 0.4) is 0 Å². The zero-order valence-electron chi connectivity index (χ0n) is 14.1. The Labute approximate surface area is 146 Å². The van der Waals surface area contributed by atoms with Gasteiger partial charge in [0.15, 0.2) is 5.78 Å². The molecule has 2 aromatic rings. The van der Waals surface area contributed by atoms with E-state index in [1.54, 1.807) is 19.2 Å². The fraction of sp³-hybridized carbons (Fsp3) is 0.263. The molecule has 0 bridgehead atoms. The van der Waals surface area contributed by atoms with Crippen LogP contribution < -0.4 is 10.1 Å². The number of methoxy groups -OCH3 is 1. The van der Waals surface area contributed by atoms with Crippen LogP contribution in [0.1, 0.15) is 21.5 Å². The van der Waals surface area contributed by atoms with Gasteiger partial charge in [-0.1, -0.05) is 24.3 Å². The molecular weight excluding hydrogens is 322 g/mol. The lowest BCUT2D eigenvalue weighted by molar-refractivity contribution is -0.113. The number of thioether (sulfide) groups is 1. The van der Waals surface area contributed by atoms with Crippen molar-refractivity contribution in [3.63, 3.8) is 0 Å². The van der Waals surface area contributed by atoms with Gasteiger partial charge in [0, 0.05) is 5.56 Å². The number of amides is 1. The molecule has 0 saturated carbocycles. The number of carbonyl (C=O) groups excluding carboxylic acids is 2. The minimum absolute atomic E-state index is 0.0354. The highest BCUT2D eigenvalue weighted by Crippen LogP contribution is 2.23. The van der Waals surface area contributed by atoms with Crippen molar-refractivity contribution >= 4 is 29.1 Å². The Morgan fingerprint density at radius 3 is 2.50 bits per heavy atom. The molecule has 5 heteroatoms. The van der Waals surface area contributed by atoms with Gasteiger partial charge in [0.1, 0.15) is 5.75 Å². The van der Waals surface area contributed by atoms with Crippen molar-refractivity contribution in [2.75, 3.05) is 23.9 Å². The second kappa shape index (κ2) is 8.55. The van der Waals surface area contributed by atoms with Gasteiger partial charge in [-0.2, -0.15) is 0 Å². The normalized spacial score (nSPS) is 10.3. The number of para-hydroxylation sites is 2. The molecule has 0 atom stereocenters. The highest BCUT2D eigenvalue weighted by Gasteiger charge is 2.10. The molecule has 0 aliphatic rings. The van der Waals surface area contributed by atoms with E-state index < -0.39 is 0 Å². The molecule has 24 heavy (non-hydrogen) atoms. The lowest BCUT2D eigenvalue weighted by Crippen LogP contribution is -2.16. The van der Waals surface area contributed by atoms with Crippen molar-refractivity contribution in [1.29, 1.82) is 0 Å². The fourth-order valence-electron chi connectivity index (χ4n) is 2.17. The topological polar surface area (TPSA) is 55.4 Å². The average molecular weight is 343 g/mol. The van der Waals surface area contributed by atoms with Crippen molar-refractivity contribution in [2.45, 2.75) is 13.8 Å². The van der Waals surface area contributed by atoms with E-state index in [0.29, 0.717) is 17.0 Å². The standard InChI is InChI=1S/C19H21NO3S/c1-13-8-9-15(10-14(13)2)17(21)11-24-12-19(22)20-16-6-4-5-7-18(16)23-3/h4-10H,11-12H2,1-3H3,(H,20,22). The Morgan fingerprint density at radius 1 is 1.04 bits per heavy atom. The quantitative estimate of drug-likeness (QED) is 0.776. The minimum Gasteiger partial charge on any atom is -0.495 e. The summed E-state index contributed by atoms with van der Waals surface area (Å²) in [4.78, 5) is 24.2. The first-order valence-electron chi connectivity index (χ1n) is 7.62. The van der Waals surface area contributed by atoms with E-state index >= 15 is 0 Å². The Bertz CT molecular complexity index is 743. The number of ketones is 1. The Morgan fingerprint density at radius 2 is 1.79 bits per heavy atom. The van der Waals surface area contributed by atoms with Gasteiger partial charge >= 0.3 is 0 Å². The molecule has 0 aliphatic heterocycles. The number of anilines is 1. The number of benzene rings is 2. The van der Waals surface area contributed by atoms with Crippen LogP contribution in [-0.2, 0) is 4.79 Å². The summed E-state index contributed by atoms with van der Waals surface area (Å²) in [5, 5.41) is 2.80. The second-order valence-electron chi connectivity index (χ2n) is 5.46. The first kappa shape index (κ1) is 18.1. The van der Waals surface area contributed by atoms with Gasteiger partial charge in [-0.25, -0.2) is 0 Å². The minimum atomic E-state index is -0.155. The molecule has 1 N–H and O–H groups in total. The van der Waals surface area contributed by atoms with Gasteiger partial charge in [-0.3, -0.25) is 9.59 Å². The molecule has 0 unspecified atom stereocenters. The van der Waals surface area contributed by atoms with Crippen LogP contribution in [0.25, 0.3) is 0 Å². The molecule has 0 heterocycles. The third kappa shape index (κ3) is 4.86. The number of hydrogen-bond acceptors (Lipinski definition) is 4. The lowest BCUT2D eigenvalue weighted by atomic mass is 10.0. The molecule has 0 radical (unpaired) electrons. The lowest BCUT2D eigenvalue weighted by Gasteiger charge is -2.09. The summed E-state index contributed by atoms with van der Waals surface area (Å²) in [6, 6.07) is 12.9. The molecule has 0 saturated heterocycles. The highest BCUT2D eigenvalue weighted by atomic mass is 32.2. The largest absolute Gasteiger partial charge is 0.495 e. The van der Waals surface area contributed by atoms with Crippen LogP contribution in [0, 0.1) is 13.8 Å². The number of nitrogens with one attached hydrogen (secondary N) is 1. The number of aryl methyl sites for hydroxylation is 2. The number of ether oxygens (including phenoxy) is 1. The predicted molar refractivity (Wildman–Crippen MR) is 99.2 cm³/mol. The van der Waals surface area contributed by atoms with Gasteiger partial charge in [-0.05, 0) is 43.2 Å². The van der Waals surface area contributed by atoms with E-state index in [1.165, 1.54) is 11.8 Å². The van der Waals surface area contributed by atoms with Gasteiger partial charge in [0.05, 0.1) is 24.3 Å². The molecular formula is C19H21NO3S. The number of Topliss-reactive ketones (excluding diaryl/α,β-unsaturated/α-hetero) is 1. The van der Waals surface area contributed by atoms with Gasteiger partial charge in [0.2, 0.25) is 5.91 Å². The summed E-state index contributed by atoms with van der Waals surface area (Å²) in [7, 11) is 1.56. The fourth-order valence-corrected chi connectivity index (χ4v) is 2.88. The zero-order chi connectivity index (χ0) is 17.5. The first-order valence-corrected chi connectivity index (χ1v) is 8.78. The summed E-state index contributed by atoms with van der Waals surface area (Å²) < 4.78 is 5.19. The SMILES string of the molecule is COc1ccccc1NC(=O)CSCC(=O)c1ccc(C)c(C)c1. The average Bonchev–Trinajstić information content (AvgIpc) is 2.57. The van der Waals surface area contributed by atoms with E-state index in [4.69, 9.17) is 4.74 Å². The number of rotatable bonds is 7.